The number of nitrogens with zero attached hydrogens (tertiary/aromatic N) is 1. The molecule has 0 aromatic carbocycles. The Labute approximate surface area is 103 Å². The van der Waals surface area contributed by atoms with Gasteiger partial charge in [-0.2, -0.15) is 0 Å². The zero-order valence-electron chi connectivity index (χ0n) is 9.35. The van der Waals surface area contributed by atoms with Gasteiger partial charge in [0.05, 0.1) is 37.0 Å². The molecule has 92 valence electrons. The van der Waals surface area contributed by atoms with Crippen LogP contribution in [0.25, 0.3) is 0 Å². The first-order valence-electron chi connectivity index (χ1n) is 5.53. The SMILES string of the molecule is O=C([O-])C[NH+]1CCN(C(=O)c2cccs2)CC1. The van der Waals surface area contributed by atoms with Crippen molar-refractivity contribution in [2.24, 2.45) is 0 Å². The fraction of sp³-hybridized carbons (Fsp3) is 0.455. The van der Waals surface area contributed by atoms with Crippen LogP contribution in [0.2, 0.25) is 0 Å². The van der Waals surface area contributed by atoms with E-state index in [-0.39, 0.29) is 12.5 Å². The number of nitrogens with one attached hydrogen (secondary N) is 1. The Bertz CT molecular complexity index is 397. The van der Waals surface area contributed by atoms with Gasteiger partial charge in [-0.25, -0.2) is 0 Å². The third-order valence-electron chi connectivity index (χ3n) is 2.88. The van der Waals surface area contributed by atoms with E-state index in [1.54, 1.807) is 4.90 Å². The Morgan fingerprint density at radius 2 is 2.12 bits per heavy atom. The molecule has 17 heavy (non-hydrogen) atoms. The smallest absolute Gasteiger partial charge is 0.264 e. The van der Waals surface area contributed by atoms with E-state index in [0.717, 1.165) is 9.78 Å². The van der Waals surface area contributed by atoms with Crippen LogP contribution in [0.1, 0.15) is 9.67 Å². The quantitative estimate of drug-likeness (QED) is 0.668. The fourth-order valence-corrected chi connectivity index (χ4v) is 2.65. The van der Waals surface area contributed by atoms with Gasteiger partial charge in [0.25, 0.3) is 5.91 Å². The zero-order chi connectivity index (χ0) is 12.3. The number of carbonyl (C=O) groups is 2. The molecular formula is C11H14N2O3S. The van der Waals surface area contributed by atoms with E-state index in [0.29, 0.717) is 26.2 Å². The molecule has 2 heterocycles. The Morgan fingerprint density at radius 3 is 2.65 bits per heavy atom. The first kappa shape index (κ1) is 12.1. The molecule has 1 aromatic heterocycles. The zero-order valence-corrected chi connectivity index (χ0v) is 10.2. The van der Waals surface area contributed by atoms with Gasteiger partial charge in [-0.05, 0) is 11.4 Å². The van der Waals surface area contributed by atoms with E-state index in [4.69, 9.17) is 0 Å². The number of piperazine rings is 1. The predicted molar refractivity (Wildman–Crippen MR) is 60.8 cm³/mol. The van der Waals surface area contributed by atoms with Gasteiger partial charge in [-0.1, -0.05) is 6.07 Å². The molecule has 1 aliphatic heterocycles. The van der Waals surface area contributed by atoms with E-state index in [1.165, 1.54) is 11.3 Å². The lowest BCUT2D eigenvalue weighted by molar-refractivity contribution is -0.898. The topological polar surface area (TPSA) is 64.9 Å². The van der Waals surface area contributed by atoms with Crippen molar-refractivity contribution >= 4 is 23.2 Å². The number of carboxylic acid groups (broad SMARTS) is 1. The van der Waals surface area contributed by atoms with Gasteiger partial charge in [-0.3, -0.25) is 4.79 Å². The summed E-state index contributed by atoms with van der Waals surface area (Å²) in [4.78, 5) is 25.9. The first-order chi connectivity index (χ1) is 8.16. The molecule has 6 heteroatoms. The largest absolute Gasteiger partial charge is 0.544 e. The molecule has 1 aromatic rings. The van der Waals surface area contributed by atoms with Gasteiger partial charge >= 0.3 is 0 Å². The van der Waals surface area contributed by atoms with Crippen molar-refractivity contribution in [1.82, 2.24) is 4.90 Å². The number of thiophene rings is 1. The summed E-state index contributed by atoms with van der Waals surface area (Å²) in [6.45, 7) is 2.59. The molecule has 5 nitrogen and oxygen atoms in total. The lowest BCUT2D eigenvalue weighted by Gasteiger charge is -2.32. The highest BCUT2D eigenvalue weighted by molar-refractivity contribution is 7.12. The first-order valence-corrected chi connectivity index (χ1v) is 6.41. The minimum absolute atomic E-state index is 0.0288. The third kappa shape index (κ3) is 3.04. The average molecular weight is 254 g/mol. The van der Waals surface area contributed by atoms with Crippen molar-refractivity contribution in [2.75, 3.05) is 32.7 Å². The van der Waals surface area contributed by atoms with Crippen LogP contribution in [0.4, 0.5) is 0 Å². The highest BCUT2D eigenvalue weighted by atomic mass is 32.1. The van der Waals surface area contributed by atoms with Crippen molar-refractivity contribution in [2.45, 2.75) is 0 Å². The number of aliphatic carboxylic acids is 1. The van der Waals surface area contributed by atoms with Crippen LogP contribution < -0.4 is 10.0 Å². The number of carbonyl (C=O) groups excluding carboxylic acids is 2. The molecule has 0 spiro atoms. The molecule has 0 bridgehead atoms. The molecule has 1 aliphatic rings. The van der Waals surface area contributed by atoms with Gasteiger partial charge in [0.15, 0.2) is 0 Å². The molecule has 0 atom stereocenters. The fourth-order valence-electron chi connectivity index (χ4n) is 1.96. The molecule has 2 rings (SSSR count). The number of rotatable bonds is 3. The monoisotopic (exact) mass is 254 g/mol. The molecule has 0 radical (unpaired) electrons. The van der Waals surface area contributed by atoms with E-state index in [2.05, 4.69) is 0 Å². The summed E-state index contributed by atoms with van der Waals surface area (Å²) in [5.41, 5.74) is 0. The summed E-state index contributed by atoms with van der Waals surface area (Å²) in [7, 11) is 0. The minimum atomic E-state index is -1.03. The van der Waals surface area contributed by atoms with Gasteiger partial charge in [0, 0.05) is 0 Å². The Balaban J connectivity index is 1.87. The summed E-state index contributed by atoms with van der Waals surface area (Å²) in [6.07, 6.45) is 0. The molecule has 1 saturated heterocycles. The van der Waals surface area contributed by atoms with Crippen molar-refractivity contribution in [3.05, 3.63) is 22.4 Å². The normalized spacial score (nSPS) is 17.1. The number of hydrogen-bond donors (Lipinski definition) is 1. The van der Waals surface area contributed by atoms with Crippen LogP contribution in [-0.2, 0) is 4.79 Å². The molecule has 0 saturated carbocycles. The van der Waals surface area contributed by atoms with E-state index in [1.807, 2.05) is 17.5 Å². The average Bonchev–Trinajstić information content (AvgIpc) is 2.82. The van der Waals surface area contributed by atoms with Crippen LogP contribution >= 0.6 is 11.3 Å². The van der Waals surface area contributed by atoms with Crippen molar-refractivity contribution in [3.8, 4) is 0 Å². The lowest BCUT2D eigenvalue weighted by Crippen LogP contribution is -3.16. The summed E-state index contributed by atoms with van der Waals surface area (Å²) in [5.74, 6) is -0.981. The van der Waals surface area contributed by atoms with Crippen LogP contribution in [0.15, 0.2) is 17.5 Å². The molecular weight excluding hydrogens is 240 g/mol. The van der Waals surface area contributed by atoms with Gasteiger partial charge < -0.3 is 19.7 Å². The van der Waals surface area contributed by atoms with Gasteiger partial charge in [-0.15, -0.1) is 11.3 Å². The lowest BCUT2D eigenvalue weighted by atomic mass is 10.3. The number of quaternary nitrogens is 1. The van der Waals surface area contributed by atoms with Gasteiger partial charge in [0.1, 0.15) is 6.54 Å². The maximum Gasteiger partial charge on any atom is 0.264 e. The maximum atomic E-state index is 12.0. The predicted octanol–water partition coefficient (Wildman–Crippen LogP) is -2.16. The second-order valence-corrected chi connectivity index (χ2v) is 5.02. The Morgan fingerprint density at radius 1 is 1.41 bits per heavy atom. The molecule has 0 unspecified atom stereocenters. The molecule has 1 amide bonds. The molecule has 0 aliphatic carbocycles. The summed E-state index contributed by atoms with van der Waals surface area (Å²) in [5, 5.41) is 12.3. The number of amides is 1. The Hall–Kier alpha value is -1.40. The summed E-state index contributed by atoms with van der Waals surface area (Å²) in [6, 6.07) is 3.67. The highest BCUT2D eigenvalue weighted by Gasteiger charge is 2.24. The summed E-state index contributed by atoms with van der Waals surface area (Å²) < 4.78 is 0. The second kappa shape index (κ2) is 5.29. The minimum Gasteiger partial charge on any atom is -0.544 e. The maximum absolute atomic E-state index is 12.0. The van der Waals surface area contributed by atoms with Crippen molar-refractivity contribution < 1.29 is 19.6 Å². The molecule has 1 N–H and O–H groups in total. The molecule has 1 fully saturated rings. The summed E-state index contributed by atoms with van der Waals surface area (Å²) >= 11 is 1.43. The highest BCUT2D eigenvalue weighted by Crippen LogP contribution is 2.11. The van der Waals surface area contributed by atoms with Crippen LogP contribution in [0.3, 0.4) is 0 Å². The van der Waals surface area contributed by atoms with Crippen LogP contribution in [-0.4, -0.2) is 49.5 Å². The van der Waals surface area contributed by atoms with Crippen molar-refractivity contribution in [3.63, 3.8) is 0 Å². The van der Waals surface area contributed by atoms with Crippen molar-refractivity contribution in [1.29, 1.82) is 0 Å². The second-order valence-electron chi connectivity index (χ2n) is 4.07. The third-order valence-corrected chi connectivity index (χ3v) is 3.74. The van der Waals surface area contributed by atoms with Crippen LogP contribution in [0.5, 0.6) is 0 Å². The number of carboxylic acids is 1. The number of hydrogen-bond acceptors (Lipinski definition) is 4. The van der Waals surface area contributed by atoms with E-state index < -0.39 is 5.97 Å². The van der Waals surface area contributed by atoms with Gasteiger partial charge in [0.2, 0.25) is 0 Å². The standard InChI is InChI=1S/C11H14N2O3S/c14-10(15)8-12-3-5-13(6-4-12)11(16)9-2-1-7-17-9/h1-2,7H,3-6,8H2,(H,14,15). The van der Waals surface area contributed by atoms with E-state index in [9.17, 15) is 14.7 Å². The van der Waals surface area contributed by atoms with E-state index >= 15 is 0 Å². The Kier molecular flexibility index (Phi) is 3.75. The van der Waals surface area contributed by atoms with Crippen LogP contribution in [0, 0.1) is 0 Å².